The Hall–Kier alpha value is -2.01. The summed E-state index contributed by atoms with van der Waals surface area (Å²) < 4.78 is 11.9. The summed E-state index contributed by atoms with van der Waals surface area (Å²) >= 11 is 3.41. The van der Waals surface area contributed by atoms with Crippen molar-refractivity contribution in [1.29, 1.82) is 0 Å². The van der Waals surface area contributed by atoms with Crippen LogP contribution in [-0.4, -0.2) is 24.1 Å². The van der Waals surface area contributed by atoms with Gasteiger partial charge in [0.15, 0.2) is 11.5 Å². The van der Waals surface area contributed by atoms with Crippen LogP contribution in [0.15, 0.2) is 40.9 Å². The van der Waals surface area contributed by atoms with Crippen LogP contribution in [0.25, 0.3) is 0 Å². The number of hydrogen-bond donors (Lipinski definition) is 0. The minimum Gasteiger partial charge on any atom is -0.454 e. The summed E-state index contributed by atoms with van der Waals surface area (Å²) in [6.45, 7) is 1.67. The fourth-order valence-electron chi connectivity index (χ4n) is 3.05. The number of fused-ring (bicyclic) bond motifs is 2. The first-order valence-corrected chi connectivity index (χ1v) is 8.42. The first kappa shape index (κ1) is 14.6. The summed E-state index contributed by atoms with van der Waals surface area (Å²) in [5, 5.41) is 0. The molecule has 5 heteroatoms. The molecule has 1 amide bonds. The van der Waals surface area contributed by atoms with Gasteiger partial charge >= 0.3 is 0 Å². The lowest BCUT2D eigenvalue weighted by Crippen LogP contribution is -2.36. The lowest BCUT2D eigenvalue weighted by molar-refractivity contribution is -0.131. The Kier molecular flexibility index (Phi) is 3.73. The van der Waals surface area contributed by atoms with Crippen molar-refractivity contribution < 1.29 is 14.3 Å². The van der Waals surface area contributed by atoms with E-state index in [-0.39, 0.29) is 12.7 Å². The van der Waals surface area contributed by atoms with E-state index in [2.05, 4.69) is 15.9 Å². The van der Waals surface area contributed by atoms with Crippen LogP contribution in [0.4, 0.5) is 0 Å². The molecule has 0 saturated heterocycles. The quantitative estimate of drug-likeness (QED) is 0.810. The number of amides is 1. The molecule has 4 rings (SSSR count). The number of carbonyl (C=O) groups excluding carboxylic acids is 1. The van der Waals surface area contributed by atoms with Gasteiger partial charge in [-0.25, -0.2) is 0 Å². The zero-order valence-corrected chi connectivity index (χ0v) is 14.1. The molecule has 2 aromatic carbocycles. The molecule has 23 heavy (non-hydrogen) atoms. The summed E-state index contributed by atoms with van der Waals surface area (Å²) in [5.74, 6) is 1.76. The first-order chi connectivity index (χ1) is 11.2. The van der Waals surface area contributed by atoms with Crippen molar-refractivity contribution in [3.05, 3.63) is 57.6 Å². The molecular formula is C18H16BrNO3. The molecule has 0 aliphatic carbocycles. The summed E-state index contributed by atoms with van der Waals surface area (Å²) in [7, 11) is 0. The second kappa shape index (κ2) is 5.89. The van der Waals surface area contributed by atoms with E-state index in [1.165, 1.54) is 5.56 Å². The molecule has 0 saturated carbocycles. The van der Waals surface area contributed by atoms with E-state index in [1.54, 1.807) is 0 Å². The maximum atomic E-state index is 12.6. The summed E-state index contributed by atoms with van der Waals surface area (Å²) in [6, 6.07) is 12.0. The number of carbonyl (C=O) groups is 1. The number of halogens is 1. The number of hydrogen-bond acceptors (Lipinski definition) is 3. The lowest BCUT2D eigenvalue weighted by atomic mass is 9.98. The molecule has 0 spiro atoms. The van der Waals surface area contributed by atoms with E-state index in [0.29, 0.717) is 13.0 Å². The number of benzene rings is 2. The Morgan fingerprint density at radius 2 is 1.78 bits per heavy atom. The van der Waals surface area contributed by atoms with Crippen LogP contribution < -0.4 is 9.47 Å². The predicted molar refractivity (Wildman–Crippen MR) is 89.5 cm³/mol. The van der Waals surface area contributed by atoms with Gasteiger partial charge in [-0.1, -0.05) is 28.1 Å². The van der Waals surface area contributed by atoms with Gasteiger partial charge in [0.2, 0.25) is 12.7 Å². The van der Waals surface area contributed by atoms with Gasteiger partial charge in [-0.3, -0.25) is 4.79 Å². The summed E-state index contributed by atoms with van der Waals surface area (Å²) in [5.41, 5.74) is 3.45. The van der Waals surface area contributed by atoms with Gasteiger partial charge in [0, 0.05) is 17.6 Å². The van der Waals surface area contributed by atoms with Crippen molar-refractivity contribution in [2.24, 2.45) is 0 Å². The SMILES string of the molecule is O=C(Cc1ccc(Br)cc1)N1CCc2cc3c(cc2C1)OCO3. The molecule has 118 valence electrons. The van der Waals surface area contributed by atoms with Crippen LogP contribution in [0.1, 0.15) is 16.7 Å². The maximum absolute atomic E-state index is 12.6. The van der Waals surface area contributed by atoms with Gasteiger partial charge in [-0.15, -0.1) is 0 Å². The topological polar surface area (TPSA) is 38.8 Å². The van der Waals surface area contributed by atoms with Crippen molar-refractivity contribution in [3.63, 3.8) is 0 Å². The highest BCUT2D eigenvalue weighted by atomic mass is 79.9. The molecule has 0 atom stereocenters. The molecular weight excluding hydrogens is 358 g/mol. The highest BCUT2D eigenvalue weighted by molar-refractivity contribution is 9.10. The molecule has 4 nitrogen and oxygen atoms in total. The third-order valence-corrected chi connectivity index (χ3v) is 4.86. The molecule has 0 bridgehead atoms. The average molecular weight is 374 g/mol. The Labute approximate surface area is 143 Å². The van der Waals surface area contributed by atoms with Crippen molar-refractivity contribution in [2.45, 2.75) is 19.4 Å². The van der Waals surface area contributed by atoms with Crippen LogP contribution in [-0.2, 0) is 24.2 Å². The average Bonchev–Trinajstić information content (AvgIpc) is 3.01. The minimum atomic E-state index is 0.163. The van der Waals surface area contributed by atoms with Crippen LogP contribution in [0.2, 0.25) is 0 Å². The van der Waals surface area contributed by atoms with E-state index >= 15 is 0 Å². The second-order valence-corrected chi connectivity index (χ2v) is 6.76. The van der Waals surface area contributed by atoms with Gasteiger partial charge < -0.3 is 14.4 Å². The van der Waals surface area contributed by atoms with Crippen LogP contribution >= 0.6 is 15.9 Å². The van der Waals surface area contributed by atoms with Crippen molar-refractivity contribution in [1.82, 2.24) is 4.90 Å². The Morgan fingerprint density at radius 3 is 2.52 bits per heavy atom. The van der Waals surface area contributed by atoms with E-state index < -0.39 is 0 Å². The lowest BCUT2D eigenvalue weighted by Gasteiger charge is -2.29. The van der Waals surface area contributed by atoms with Gasteiger partial charge in [-0.2, -0.15) is 0 Å². The van der Waals surface area contributed by atoms with Crippen molar-refractivity contribution >= 4 is 21.8 Å². The summed E-state index contributed by atoms with van der Waals surface area (Å²) in [4.78, 5) is 14.5. The van der Waals surface area contributed by atoms with Gasteiger partial charge in [-0.05, 0) is 47.4 Å². The van der Waals surface area contributed by atoms with Gasteiger partial charge in [0.25, 0.3) is 0 Å². The monoisotopic (exact) mass is 373 g/mol. The molecule has 0 radical (unpaired) electrons. The maximum Gasteiger partial charge on any atom is 0.231 e. The highest BCUT2D eigenvalue weighted by Gasteiger charge is 2.24. The van der Waals surface area contributed by atoms with Gasteiger partial charge in [0.05, 0.1) is 6.42 Å². The minimum absolute atomic E-state index is 0.163. The van der Waals surface area contributed by atoms with Crippen molar-refractivity contribution in [2.75, 3.05) is 13.3 Å². The number of rotatable bonds is 2. The standard InChI is InChI=1S/C18H16BrNO3/c19-15-3-1-12(2-4-15)7-18(21)20-6-5-13-8-16-17(23-11-22-16)9-14(13)10-20/h1-4,8-9H,5-7,10-11H2. The third-order valence-electron chi connectivity index (χ3n) is 4.33. The highest BCUT2D eigenvalue weighted by Crippen LogP contribution is 2.36. The zero-order chi connectivity index (χ0) is 15.8. The molecule has 2 aliphatic heterocycles. The van der Waals surface area contributed by atoms with E-state index in [4.69, 9.17) is 9.47 Å². The number of nitrogens with zero attached hydrogens (tertiary/aromatic N) is 1. The molecule has 2 heterocycles. The van der Waals surface area contributed by atoms with E-state index in [1.807, 2.05) is 41.3 Å². The normalized spacial score (nSPS) is 15.4. The van der Waals surface area contributed by atoms with Crippen LogP contribution in [0.3, 0.4) is 0 Å². The van der Waals surface area contributed by atoms with Crippen LogP contribution in [0, 0.1) is 0 Å². The fourth-order valence-corrected chi connectivity index (χ4v) is 3.31. The number of ether oxygens (including phenoxy) is 2. The smallest absolute Gasteiger partial charge is 0.231 e. The van der Waals surface area contributed by atoms with E-state index in [9.17, 15) is 4.79 Å². The Balaban J connectivity index is 1.49. The van der Waals surface area contributed by atoms with Gasteiger partial charge in [0.1, 0.15) is 0 Å². The van der Waals surface area contributed by atoms with Crippen molar-refractivity contribution in [3.8, 4) is 11.5 Å². The molecule has 0 fully saturated rings. The fraction of sp³-hybridized carbons (Fsp3) is 0.278. The second-order valence-electron chi connectivity index (χ2n) is 5.84. The summed E-state index contributed by atoms with van der Waals surface area (Å²) in [6.07, 6.45) is 1.30. The molecule has 2 aliphatic rings. The molecule has 0 N–H and O–H groups in total. The van der Waals surface area contributed by atoms with Crippen LogP contribution in [0.5, 0.6) is 11.5 Å². The Bertz CT molecular complexity index is 758. The zero-order valence-electron chi connectivity index (χ0n) is 12.5. The molecule has 0 unspecified atom stereocenters. The molecule has 0 aromatic heterocycles. The predicted octanol–water partition coefficient (Wildman–Crippen LogP) is 3.31. The molecule has 2 aromatic rings. The van der Waals surface area contributed by atoms with E-state index in [0.717, 1.165) is 40.1 Å². The first-order valence-electron chi connectivity index (χ1n) is 7.63. The Morgan fingerprint density at radius 1 is 1.09 bits per heavy atom. The third kappa shape index (κ3) is 2.93. The largest absolute Gasteiger partial charge is 0.454 e.